The molecule has 0 atom stereocenters. The monoisotopic (exact) mass is 343 g/mol. The Labute approximate surface area is 148 Å². The van der Waals surface area contributed by atoms with Crippen molar-refractivity contribution in [3.8, 4) is 5.75 Å². The van der Waals surface area contributed by atoms with Gasteiger partial charge < -0.3 is 14.3 Å². The van der Waals surface area contributed by atoms with Crippen molar-refractivity contribution in [3.05, 3.63) is 52.5 Å². The van der Waals surface area contributed by atoms with Crippen LogP contribution >= 0.6 is 0 Å². The third kappa shape index (κ3) is 4.23. The lowest BCUT2D eigenvalue weighted by atomic mass is 10.1. The molecule has 2 heterocycles. The van der Waals surface area contributed by atoms with Crippen molar-refractivity contribution >= 4 is 5.97 Å². The molecule has 0 bridgehead atoms. The van der Waals surface area contributed by atoms with Crippen LogP contribution < -0.4 is 4.74 Å². The van der Waals surface area contributed by atoms with E-state index < -0.39 is 5.97 Å². The Balaban J connectivity index is 1.54. The minimum atomic E-state index is -0.937. The molecule has 0 aliphatic carbocycles. The molecule has 1 N–H and O–H groups in total. The first-order valence-corrected chi connectivity index (χ1v) is 8.71. The molecule has 1 aromatic carbocycles. The van der Waals surface area contributed by atoms with E-state index in [1.807, 2.05) is 0 Å². The molecule has 5 nitrogen and oxygen atoms in total. The number of hydrogen-bond acceptors (Lipinski definition) is 4. The molecule has 0 radical (unpaired) electrons. The van der Waals surface area contributed by atoms with Crippen LogP contribution in [0.3, 0.4) is 0 Å². The van der Waals surface area contributed by atoms with E-state index in [2.05, 4.69) is 36.9 Å². The van der Waals surface area contributed by atoms with Gasteiger partial charge in [0.1, 0.15) is 28.9 Å². The van der Waals surface area contributed by atoms with E-state index in [0.29, 0.717) is 18.1 Å². The fourth-order valence-electron chi connectivity index (χ4n) is 3.25. The van der Waals surface area contributed by atoms with Crippen LogP contribution in [0.4, 0.5) is 0 Å². The predicted octanol–water partition coefficient (Wildman–Crippen LogP) is 3.95. The lowest BCUT2D eigenvalue weighted by Crippen LogP contribution is -2.37. The molecule has 1 aromatic heterocycles. The first-order valence-electron chi connectivity index (χ1n) is 8.71. The van der Waals surface area contributed by atoms with Crippen LogP contribution in [0.1, 0.15) is 45.8 Å². The highest BCUT2D eigenvalue weighted by atomic mass is 16.5. The molecule has 1 aliphatic heterocycles. The zero-order valence-electron chi connectivity index (χ0n) is 15.0. The molecule has 134 valence electrons. The SMILES string of the molecule is Cc1ccc(C)c(OC2CCN(Cc3cc(C(=O)O)c(C)o3)CC2)c1. The van der Waals surface area contributed by atoms with E-state index in [4.69, 9.17) is 14.3 Å². The van der Waals surface area contributed by atoms with E-state index in [-0.39, 0.29) is 11.7 Å². The van der Waals surface area contributed by atoms with Crippen LogP contribution in [-0.2, 0) is 6.54 Å². The normalized spacial score (nSPS) is 16.1. The largest absolute Gasteiger partial charge is 0.490 e. The van der Waals surface area contributed by atoms with Gasteiger partial charge in [-0.3, -0.25) is 4.90 Å². The van der Waals surface area contributed by atoms with Crippen molar-refractivity contribution in [1.29, 1.82) is 0 Å². The summed E-state index contributed by atoms with van der Waals surface area (Å²) in [6.07, 6.45) is 2.14. The van der Waals surface area contributed by atoms with Crippen LogP contribution in [0, 0.1) is 20.8 Å². The summed E-state index contributed by atoms with van der Waals surface area (Å²) in [6, 6.07) is 7.93. The third-order valence-corrected chi connectivity index (χ3v) is 4.75. The zero-order valence-corrected chi connectivity index (χ0v) is 15.0. The lowest BCUT2D eigenvalue weighted by Gasteiger charge is -2.32. The van der Waals surface area contributed by atoms with Gasteiger partial charge in [-0.15, -0.1) is 0 Å². The van der Waals surface area contributed by atoms with E-state index in [1.165, 1.54) is 11.1 Å². The van der Waals surface area contributed by atoms with E-state index >= 15 is 0 Å². The predicted molar refractivity (Wildman–Crippen MR) is 95.2 cm³/mol. The van der Waals surface area contributed by atoms with Crippen LogP contribution in [0.25, 0.3) is 0 Å². The van der Waals surface area contributed by atoms with Gasteiger partial charge in [0.15, 0.2) is 0 Å². The number of likely N-dealkylation sites (tertiary alicyclic amines) is 1. The number of hydrogen-bond donors (Lipinski definition) is 1. The fraction of sp³-hybridized carbons (Fsp3) is 0.450. The zero-order chi connectivity index (χ0) is 18.0. The molecule has 2 aromatic rings. The van der Waals surface area contributed by atoms with Crippen LogP contribution in [-0.4, -0.2) is 35.2 Å². The number of aryl methyl sites for hydroxylation is 3. The summed E-state index contributed by atoms with van der Waals surface area (Å²) >= 11 is 0. The van der Waals surface area contributed by atoms with Gasteiger partial charge in [0.25, 0.3) is 0 Å². The number of furan rings is 1. The Kier molecular flexibility index (Phi) is 5.13. The van der Waals surface area contributed by atoms with E-state index in [0.717, 1.165) is 31.7 Å². The third-order valence-electron chi connectivity index (χ3n) is 4.75. The molecule has 0 spiro atoms. The maximum Gasteiger partial charge on any atom is 0.339 e. The lowest BCUT2D eigenvalue weighted by molar-refractivity contribution is 0.0695. The van der Waals surface area contributed by atoms with Crippen LogP contribution in [0.2, 0.25) is 0 Å². The summed E-state index contributed by atoms with van der Waals surface area (Å²) in [5.74, 6) is 1.22. The van der Waals surface area contributed by atoms with Gasteiger partial charge >= 0.3 is 5.97 Å². The van der Waals surface area contributed by atoms with Gasteiger partial charge in [0.05, 0.1) is 6.54 Å². The molecule has 1 saturated heterocycles. The summed E-state index contributed by atoms with van der Waals surface area (Å²) in [6.45, 7) is 8.31. The second-order valence-electron chi connectivity index (χ2n) is 6.85. The molecule has 25 heavy (non-hydrogen) atoms. The van der Waals surface area contributed by atoms with Gasteiger partial charge in [0, 0.05) is 13.1 Å². The molecular formula is C20H25NO4. The number of piperidine rings is 1. The average Bonchev–Trinajstić information content (AvgIpc) is 2.93. The number of ether oxygens (including phenoxy) is 1. The number of benzene rings is 1. The van der Waals surface area contributed by atoms with Gasteiger partial charge in [-0.2, -0.15) is 0 Å². The minimum Gasteiger partial charge on any atom is -0.490 e. The highest BCUT2D eigenvalue weighted by Gasteiger charge is 2.23. The summed E-state index contributed by atoms with van der Waals surface area (Å²) < 4.78 is 11.8. The molecule has 1 fully saturated rings. The Hall–Kier alpha value is -2.27. The number of carbonyl (C=O) groups is 1. The second-order valence-corrected chi connectivity index (χ2v) is 6.85. The quantitative estimate of drug-likeness (QED) is 0.891. The smallest absolute Gasteiger partial charge is 0.339 e. The van der Waals surface area contributed by atoms with Crippen molar-refractivity contribution < 1.29 is 19.1 Å². The Morgan fingerprint density at radius 1 is 1.24 bits per heavy atom. The Bertz CT molecular complexity index is 757. The highest BCUT2D eigenvalue weighted by molar-refractivity contribution is 5.88. The maximum atomic E-state index is 11.1. The van der Waals surface area contributed by atoms with Crippen molar-refractivity contribution in [2.75, 3.05) is 13.1 Å². The minimum absolute atomic E-state index is 0.227. The van der Waals surface area contributed by atoms with Gasteiger partial charge in [-0.05, 0) is 56.9 Å². The standard InChI is InChI=1S/C20H25NO4/c1-13-4-5-14(2)19(10-13)25-16-6-8-21(9-7-16)12-17-11-18(20(22)23)15(3)24-17/h4-5,10-11,16H,6-9,12H2,1-3H3,(H,22,23). The summed E-state index contributed by atoms with van der Waals surface area (Å²) in [5.41, 5.74) is 2.63. The fourth-order valence-corrected chi connectivity index (χ4v) is 3.25. The molecule has 1 aliphatic rings. The molecule has 0 saturated carbocycles. The Morgan fingerprint density at radius 2 is 1.96 bits per heavy atom. The van der Waals surface area contributed by atoms with Gasteiger partial charge in [0.2, 0.25) is 0 Å². The van der Waals surface area contributed by atoms with Crippen molar-refractivity contribution in [2.45, 2.75) is 46.3 Å². The summed E-state index contributed by atoms with van der Waals surface area (Å²) in [5, 5.41) is 9.11. The van der Waals surface area contributed by atoms with Crippen molar-refractivity contribution in [2.24, 2.45) is 0 Å². The van der Waals surface area contributed by atoms with Crippen LogP contribution in [0.5, 0.6) is 5.75 Å². The molecule has 0 unspecified atom stereocenters. The van der Waals surface area contributed by atoms with Gasteiger partial charge in [-0.1, -0.05) is 12.1 Å². The van der Waals surface area contributed by atoms with Crippen LogP contribution in [0.15, 0.2) is 28.7 Å². The number of carboxylic acids is 1. The average molecular weight is 343 g/mol. The molecule has 3 rings (SSSR count). The van der Waals surface area contributed by atoms with Crippen molar-refractivity contribution in [3.63, 3.8) is 0 Å². The molecule has 5 heteroatoms. The van der Waals surface area contributed by atoms with E-state index in [1.54, 1.807) is 13.0 Å². The van der Waals surface area contributed by atoms with Crippen molar-refractivity contribution in [1.82, 2.24) is 4.90 Å². The summed E-state index contributed by atoms with van der Waals surface area (Å²) in [7, 11) is 0. The first kappa shape index (κ1) is 17.5. The topological polar surface area (TPSA) is 62.9 Å². The first-order chi connectivity index (χ1) is 11.9. The second kappa shape index (κ2) is 7.31. The molecular weight excluding hydrogens is 318 g/mol. The summed E-state index contributed by atoms with van der Waals surface area (Å²) in [4.78, 5) is 13.4. The highest BCUT2D eigenvalue weighted by Crippen LogP contribution is 2.25. The Morgan fingerprint density at radius 3 is 2.60 bits per heavy atom. The number of aromatic carboxylic acids is 1. The number of nitrogens with zero attached hydrogens (tertiary/aromatic N) is 1. The molecule has 0 amide bonds. The van der Waals surface area contributed by atoms with Gasteiger partial charge in [-0.25, -0.2) is 4.79 Å². The van der Waals surface area contributed by atoms with E-state index in [9.17, 15) is 4.79 Å². The number of rotatable bonds is 5. The number of carboxylic acid groups (broad SMARTS) is 1. The maximum absolute atomic E-state index is 11.1.